The number of piperidine rings is 1. The summed E-state index contributed by atoms with van der Waals surface area (Å²) >= 11 is 0. The van der Waals surface area contributed by atoms with Crippen LogP contribution in [-0.2, 0) is 10.2 Å². The summed E-state index contributed by atoms with van der Waals surface area (Å²) in [6.07, 6.45) is 4.31. The van der Waals surface area contributed by atoms with Gasteiger partial charge in [-0.15, -0.1) is 12.4 Å². The van der Waals surface area contributed by atoms with Crippen molar-refractivity contribution < 1.29 is 4.79 Å². The number of nitrogens with zero attached hydrogens (tertiary/aromatic N) is 1. The Bertz CT molecular complexity index is 513. The molecule has 0 spiro atoms. The average molecular weight is 309 g/mol. The van der Waals surface area contributed by atoms with Crippen LogP contribution in [0.25, 0.3) is 0 Å². The Morgan fingerprint density at radius 2 is 2.14 bits per heavy atom. The van der Waals surface area contributed by atoms with Gasteiger partial charge in [-0.3, -0.25) is 4.79 Å². The summed E-state index contributed by atoms with van der Waals surface area (Å²) < 4.78 is 0. The zero-order valence-corrected chi connectivity index (χ0v) is 13.7. The fourth-order valence-corrected chi connectivity index (χ4v) is 3.39. The van der Waals surface area contributed by atoms with Crippen LogP contribution >= 0.6 is 12.4 Å². The number of carbonyl (C=O) groups excluding carboxylic acids is 1. The lowest BCUT2D eigenvalue weighted by atomic mass is 9.92. The maximum atomic E-state index is 13.0. The Hall–Kier alpha value is -1.06. The fourth-order valence-electron chi connectivity index (χ4n) is 3.39. The number of rotatable bonds is 3. The Labute approximate surface area is 133 Å². The minimum Gasteiger partial charge on any atom is -0.340 e. The number of benzene rings is 1. The fraction of sp³-hybridized carbons (Fsp3) is 0.588. The van der Waals surface area contributed by atoms with Gasteiger partial charge in [0.25, 0.3) is 0 Å². The number of hydrogen-bond acceptors (Lipinski definition) is 2. The van der Waals surface area contributed by atoms with E-state index in [1.807, 2.05) is 7.05 Å². The highest BCUT2D eigenvalue weighted by Gasteiger charge is 2.53. The molecule has 1 atom stereocenters. The molecule has 0 radical (unpaired) electrons. The number of amides is 1. The molecule has 1 amide bonds. The highest BCUT2D eigenvalue weighted by Crippen LogP contribution is 2.50. The van der Waals surface area contributed by atoms with Crippen molar-refractivity contribution in [1.29, 1.82) is 0 Å². The number of nitrogens with one attached hydrogen (secondary N) is 1. The van der Waals surface area contributed by atoms with Gasteiger partial charge >= 0.3 is 0 Å². The highest BCUT2D eigenvalue weighted by molar-refractivity contribution is 5.91. The number of likely N-dealkylation sites (tertiary alicyclic amines) is 1. The molecule has 1 heterocycles. The zero-order valence-electron chi connectivity index (χ0n) is 12.9. The molecule has 0 bridgehead atoms. The molecule has 3 nitrogen and oxygen atoms in total. The SMILES string of the molecule is CNC1CCCN(C(=O)C2(c3cccc(C)c3)CC2)C1.Cl. The van der Waals surface area contributed by atoms with E-state index in [1.165, 1.54) is 17.5 Å². The van der Waals surface area contributed by atoms with Gasteiger partial charge in [-0.2, -0.15) is 0 Å². The molecule has 2 fully saturated rings. The summed E-state index contributed by atoms with van der Waals surface area (Å²) in [5.74, 6) is 0.350. The molecule has 1 saturated carbocycles. The summed E-state index contributed by atoms with van der Waals surface area (Å²) in [6, 6.07) is 8.94. The highest BCUT2D eigenvalue weighted by atomic mass is 35.5. The minimum atomic E-state index is -0.207. The van der Waals surface area contributed by atoms with Crippen molar-refractivity contribution in [2.45, 2.75) is 44.1 Å². The van der Waals surface area contributed by atoms with Crippen molar-refractivity contribution in [2.24, 2.45) is 0 Å². The van der Waals surface area contributed by atoms with Crippen molar-refractivity contribution in [3.8, 4) is 0 Å². The molecule has 4 heteroatoms. The second kappa shape index (κ2) is 6.37. The largest absolute Gasteiger partial charge is 0.340 e. The van der Waals surface area contributed by atoms with E-state index in [0.717, 1.165) is 32.4 Å². The third kappa shape index (κ3) is 3.09. The maximum absolute atomic E-state index is 13.0. The minimum absolute atomic E-state index is 0. The van der Waals surface area contributed by atoms with E-state index in [0.29, 0.717) is 11.9 Å². The first-order valence-electron chi connectivity index (χ1n) is 7.69. The predicted molar refractivity (Wildman–Crippen MR) is 88.0 cm³/mol. The number of likely N-dealkylation sites (N-methyl/N-ethyl adjacent to an activating group) is 1. The summed E-state index contributed by atoms with van der Waals surface area (Å²) in [7, 11) is 1.99. The molecule has 1 aliphatic carbocycles. The van der Waals surface area contributed by atoms with Gasteiger partial charge in [-0.05, 0) is 45.2 Å². The smallest absolute Gasteiger partial charge is 0.233 e. The topological polar surface area (TPSA) is 32.3 Å². The van der Waals surface area contributed by atoms with Gasteiger partial charge in [0, 0.05) is 19.1 Å². The normalized spacial score (nSPS) is 23.3. The van der Waals surface area contributed by atoms with Crippen LogP contribution < -0.4 is 5.32 Å². The Balaban J connectivity index is 0.00000161. The van der Waals surface area contributed by atoms with E-state index in [9.17, 15) is 4.79 Å². The van der Waals surface area contributed by atoms with Crippen LogP contribution in [-0.4, -0.2) is 37.0 Å². The number of aryl methyl sites for hydroxylation is 1. The summed E-state index contributed by atoms with van der Waals surface area (Å²) in [4.78, 5) is 15.0. The third-order valence-corrected chi connectivity index (χ3v) is 4.85. The van der Waals surface area contributed by atoms with Crippen LogP contribution in [0, 0.1) is 6.92 Å². The van der Waals surface area contributed by atoms with Gasteiger partial charge in [-0.1, -0.05) is 29.8 Å². The average Bonchev–Trinajstić information content (AvgIpc) is 3.28. The predicted octanol–water partition coefficient (Wildman–Crippen LogP) is 2.66. The van der Waals surface area contributed by atoms with Gasteiger partial charge < -0.3 is 10.2 Å². The molecule has 1 aromatic rings. The molecule has 1 unspecified atom stereocenters. The van der Waals surface area contributed by atoms with E-state index in [2.05, 4.69) is 41.4 Å². The quantitative estimate of drug-likeness (QED) is 0.931. The monoisotopic (exact) mass is 308 g/mol. The van der Waals surface area contributed by atoms with Gasteiger partial charge in [0.05, 0.1) is 5.41 Å². The molecule has 21 heavy (non-hydrogen) atoms. The lowest BCUT2D eigenvalue weighted by Gasteiger charge is -2.35. The molecule has 1 saturated heterocycles. The molecular formula is C17H25ClN2O. The first-order valence-corrected chi connectivity index (χ1v) is 7.69. The third-order valence-electron chi connectivity index (χ3n) is 4.85. The lowest BCUT2D eigenvalue weighted by Crippen LogP contribution is -2.50. The Morgan fingerprint density at radius 3 is 2.76 bits per heavy atom. The van der Waals surface area contributed by atoms with Gasteiger partial charge in [0.2, 0.25) is 5.91 Å². The van der Waals surface area contributed by atoms with E-state index >= 15 is 0 Å². The van der Waals surface area contributed by atoms with E-state index in [-0.39, 0.29) is 17.8 Å². The first kappa shape index (κ1) is 16.3. The van der Waals surface area contributed by atoms with Crippen LogP contribution in [0.3, 0.4) is 0 Å². The van der Waals surface area contributed by atoms with Crippen LogP contribution in [0.4, 0.5) is 0 Å². The van der Waals surface area contributed by atoms with Crippen LogP contribution in [0.1, 0.15) is 36.8 Å². The van der Waals surface area contributed by atoms with Gasteiger partial charge in [0.15, 0.2) is 0 Å². The molecule has 3 rings (SSSR count). The molecular weight excluding hydrogens is 284 g/mol. The van der Waals surface area contributed by atoms with E-state index in [4.69, 9.17) is 0 Å². The van der Waals surface area contributed by atoms with Crippen molar-refractivity contribution in [3.05, 3.63) is 35.4 Å². The molecule has 1 aromatic carbocycles. The van der Waals surface area contributed by atoms with Crippen molar-refractivity contribution >= 4 is 18.3 Å². The van der Waals surface area contributed by atoms with Gasteiger partial charge in [-0.25, -0.2) is 0 Å². The summed E-state index contributed by atoms with van der Waals surface area (Å²) in [5, 5.41) is 3.32. The molecule has 2 aliphatic rings. The van der Waals surface area contributed by atoms with Crippen molar-refractivity contribution in [3.63, 3.8) is 0 Å². The summed E-state index contributed by atoms with van der Waals surface area (Å²) in [6.45, 7) is 3.88. The number of carbonyl (C=O) groups is 1. The summed E-state index contributed by atoms with van der Waals surface area (Å²) in [5.41, 5.74) is 2.25. The van der Waals surface area contributed by atoms with Gasteiger partial charge in [0.1, 0.15) is 0 Å². The maximum Gasteiger partial charge on any atom is 0.233 e. The first-order chi connectivity index (χ1) is 9.65. The zero-order chi connectivity index (χ0) is 14.2. The molecule has 116 valence electrons. The lowest BCUT2D eigenvalue weighted by molar-refractivity contribution is -0.135. The second-order valence-corrected chi connectivity index (χ2v) is 6.33. The van der Waals surface area contributed by atoms with E-state index in [1.54, 1.807) is 0 Å². The van der Waals surface area contributed by atoms with Crippen LogP contribution in [0.15, 0.2) is 24.3 Å². The van der Waals surface area contributed by atoms with Crippen molar-refractivity contribution in [2.75, 3.05) is 20.1 Å². The molecule has 1 N–H and O–H groups in total. The van der Waals surface area contributed by atoms with Crippen molar-refractivity contribution in [1.82, 2.24) is 10.2 Å². The molecule has 1 aliphatic heterocycles. The number of halogens is 1. The van der Waals surface area contributed by atoms with Crippen LogP contribution in [0.2, 0.25) is 0 Å². The Morgan fingerprint density at radius 1 is 1.38 bits per heavy atom. The Kier molecular flexibility index (Phi) is 4.95. The standard InChI is InChI=1S/C17H24N2O.ClH/c1-13-5-3-6-14(11-13)17(8-9-17)16(20)19-10-4-7-15(12-19)18-2;/h3,5-6,11,15,18H,4,7-10,12H2,1-2H3;1H. The van der Waals surface area contributed by atoms with Crippen LogP contribution in [0.5, 0.6) is 0 Å². The number of hydrogen-bond donors (Lipinski definition) is 1. The second-order valence-electron chi connectivity index (χ2n) is 6.33. The molecule has 0 aromatic heterocycles. The van der Waals surface area contributed by atoms with E-state index < -0.39 is 0 Å².